The van der Waals surface area contributed by atoms with Gasteiger partial charge in [-0.15, -0.1) is 22.7 Å². The van der Waals surface area contributed by atoms with E-state index in [-0.39, 0.29) is 101 Å². The molecule has 0 amide bonds. The Balaban J connectivity index is 1.04. The molecule has 0 aliphatic rings. The summed E-state index contributed by atoms with van der Waals surface area (Å²) in [4.78, 5) is 20.0. The number of nitrogens with zero attached hydrogens (tertiary/aromatic N) is 6. The molecule has 8 heteroatoms. The van der Waals surface area contributed by atoms with Gasteiger partial charge in [-0.3, -0.25) is 0 Å². The maximum Gasteiger partial charge on any atom is 0.213 e. The molecule has 14 aromatic carbocycles. The quantitative estimate of drug-likeness (QED) is 0.128. The lowest BCUT2D eigenvalue weighted by Gasteiger charge is -2.25. The zero-order valence-electron chi connectivity index (χ0n) is 74.6. The van der Waals surface area contributed by atoms with E-state index in [0.717, 1.165) is 0 Å². The van der Waals surface area contributed by atoms with Gasteiger partial charge in [0.2, 0.25) is 5.69 Å². The van der Waals surface area contributed by atoms with Crippen molar-refractivity contribution in [2.24, 2.45) is 0 Å². The van der Waals surface area contributed by atoms with E-state index in [4.69, 9.17) is 36.9 Å². The zero-order valence-corrected chi connectivity index (χ0v) is 51.2. The van der Waals surface area contributed by atoms with Crippen LogP contribution < -0.4 is 0 Å². The summed E-state index contributed by atoms with van der Waals surface area (Å²) in [6, 6.07) is 31.9. The van der Waals surface area contributed by atoms with Gasteiger partial charge in [-0.1, -0.05) is 248 Å². The van der Waals surface area contributed by atoms with Crippen molar-refractivity contribution < 1.29 is 34.3 Å². The minimum Gasteiger partial charge on any atom is -0.317 e. The van der Waals surface area contributed by atoms with Crippen molar-refractivity contribution in [1.82, 2.24) is 24.1 Å². The lowest BCUT2D eigenvalue weighted by molar-refractivity contribution is 1.07. The Bertz CT molecular complexity index is 7790. The number of aromatic nitrogens is 5. The highest BCUT2D eigenvalue weighted by atomic mass is 32.1. The Hall–Kier alpha value is -12.4. The Morgan fingerprint density at radius 2 is 0.677 bits per heavy atom. The van der Waals surface area contributed by atoms with E-state index >= 15 is 0 Å². The van der Waals surface area contributed by atoms with Crippen molar-refractivity contribution in [2.45, 2.75) is 0 Å². The third kappa shape index (κ3) is 8.94. The molecule has 0 fully saturated rings. The fourth-order valence-electron chi connectivity index (χ4n) is 13.3. The van der Waals surface area contributed by atoms with E-state index in [1.54, 1.807) is 143 Å². The molecular weight excluding hydrogens is 1210 g/mol. The van der Waals surface area contributed by atoms with Crippen molar-refractivity contribution >= 4 is 112 Å². The number of benzene rings is 14. The van der Waals surface area contributed by atoms with Crippen LogP contribution in [0.4, 0.5) is 5.69 Å². The second kappa shape index (κ2) is 22.4. The van der Waals surface area contributed by atoms with Gasteiger partial charge < -0.3 is 9.13 Å². The van der Waals surface area contributed by atoms with Crippen LogP contribution >= 0.6 is 22.7 Å². The van der Waals surface area contributed by atoms with E-state index < -0.39 is 157 Å². The third-order valence-electron chi connectivity index (χ3n) is 17.4. The van der Waals surface area contributed by atoms with Crippen LogP contribution in [0.1, 0.15) is 34.3 Å². The second-order valence-corrected chi connectivity index (χ2v) is 24.7. The molecule has 5 heterocycles. The van der Waals surface area contributed by atoms with Gasteiger partial charge in [-0.05, 0) is 117 Å². The molecule has 19 aromatic rings. The van der Waals surface area contributed by atoms with Gasteiger partial charge in [0.1, 0.15) is 0 Å². The van der Waals surface area contributed by atoms with Crippen LogP contribution in [-0.2, 0) is 0 Å². The van der Waals surface area contributed by atoms with Crippen LogP contribution in [0.25, 0.3) is 190 Å². The van der Waals surface area contributed by atoms with E-state index in [1.165, 1.54) is 28.7 Å². The fourth-order valence-corrected chi connectivity index (χ4v) is 15.7. The maximum atomic E-state index is 10.4. The summed E-state index contributed by atoms with van der Waals surface area (Å²) in [6.45, 7) is 9.87. The summed E-state index contributed by atoms with van der Waals surface area (Å²) in [7, 11) is 0. The Labute approximate surface area is 595 Å². The minimum atomic E-state index is -0.770. The first kappa shape index (κ1) is 35.6. The molecule has 96 heavy (non-hydrogen) atoms. The van der Waals surface area contributed by atoms with Crippen LogP contribution in [0.2, 0.25) is 0 Å². The summed E-state index contributed by atoms with van der Waals surface area (Å²) in [5.74, 6) is 0.0877. The molecule has 0 saturated carbocycles. The van der Waals surface area contributed by atoms with Gasteiger partial charge >= 0.3 is 0 Å². The third-order valence-corrected chi connectivity index (χ3v) is 19.8. The highest BCUT2D eigenvalue weighted by molar-refractivity contribution is 7.27. The highest BCUT2D eigenvalue weighted by Gasteiger charge is 2.32. The van der Waals surface area contributed by atoms with Gasteiger partial charge in [0.05, 0.1) is 74.3 Å². The van der Waals surface area contributed by atoms with Gasteiger partial charge in [-0.25, -0.2) is 19.8 Å². The van der Waals surface area contributed by atoms with Crippen molar-refractivity contribution in [3.05, 3.63) is 326 Å². The summed E-state index contributed by atoms with van der Waals surface area (Å²) < 4.78 is 234. The molecule has 0 N–H and O–H groups in total. The van der Waals surface area contributed by atoms with Crippen molar-refractivity contribution in [3.63, 3.8) is 0 Å². The first-order valence-electron chi connectivity index (χ1n) is 42.6. The summed E-state index contributed by atoms with van der Waals surface area (Å²) in [5.41, 5.74) is 1.64. The summed E-state index contributed by atoms with van der Waals surface area (Å²) >= 11 is 2.61. The van der Waals surface area contributed by atoms with E-state index in [1.807, 2.05) is 24.3 Å². The molecule has 0 radical (unpaired) electrons. The molecule has 6 nitrogen and oxygen atoms in total. The van der Waals surface area contributed by atoms with Gasteiger partial charge in [0.15, 0.2) is 17.5 Å². The maximum absolute atomic E-state index is 10.4. The SMILES string of the molecule is [2H]c1c([2H])c([2H])c(-c2ccc3sc4c(ccc5c4c4cc(-c6c([2H])c([2H])c([2H])c([2H])c6[2H])ccc4n5-c4c([N+]#[C-])cc(-c5nc(-c6ccccc6)nc(-c6ccccc6)n5)c(-c5c([2H])c([2H])c([2H])c([2H])c5[2H])c4-n4c5ccc(-c6c([2H])c([2H])c([2H])c([2H])c6[2H])cc5c5c6sc7ccc(-c8c([2H])c([2H])c([2H])c([2H])c8[2H])cc7c6ccc54)c3c2)c([2H])c1[2H]. The van der Waals surface area contributed by atoms with Gasteiger partial charge in [0.25, 0.3) is 0 Å². The monoisotopic (exact) mass is 1280 g/mol. The molecule has 446 valence electrons. The molecule has 0 bridgehead atoms. The fraction of sp³-hybridized carbons (Fsp3) is 0. The number of hydrogen-bond donors (Lipinski definition) is 0. The van der Waals surface area contributed by atoms with Crippen LogP contribution in [0.5, 0.6) is 0 Å². The number of fused-ring (bicyclic) bond motifs is 14. The largest absolute Gasteiger partial charge is 0.317 e. The Morgan fingerprint density at radius 3 is 1.09 bits per heavy atom. The normalized spacial score (nSPS) is 15.4. The lowest BCUT2D eigenvalue weighted by atomic mass is 9.93. The van der Waals surface area contributed by atoms with Crippen LogP contribution in [0.3, 0.4) is 0 Å². The van der Waals surface area contributed by atoms with Crippen molar-refractivity contribution in [2.75, 3.05) is 0 Å². The molecular formula is C88H52N6S2. The lowest BCUT2D eigenvalue weighted by Crippen LogP contribution is -2.09. The van der Waals surface area contributed by atoms with Gasteiger partial charge in [0, 0.05) is 84.1 Å². The summed E-state index contributed by atoms with van der Waals surface area (Å²) in [5, 5.41) is 3.84. The first-order valence-corrected chi connectivity index (χ1v) is 31.8. The molecule has 0 atom stereocenters. The number of hydrogen-bond acceptors (Lipinski definition) is 5. The van der Waals surface area contributed by atoms with Crippen LogP contribution in [-0.4, -0.2) is 24.1 Å². The smallest absolute Gasteiger partial charge is 0.213 e. The minimum absolute atomic E-state index is 0.0335. The molecule has 0 unspecified atom stereocenters. The molecule has 0 aliphatic heterocycles. The predicted molar refractivity (Wildman–Crippen MR) is 404 cm³/mol. The van der Waals surface area contributed by atoms with Crippen molar-refractivity contribution in [3.8, 4) is 101 Å². The number of rotatable bonds is 10. The average Bonchev–Trinajstić information content (AvgIpc) is 1.54. The highest BCUT2D eigenvalue weighted by Crippen LogP contribution is 2.54. The van der Waals surface area contributed by atoms with E-state index in [9.17, 15) is 18.9 Å². The predicted octanol–water partition coefficient (Wildman–Crippen LogP) is 24.7. The van der Waals surface area contributed by atoms with Gasteiger partial charge in [-0.2, -0.15) is 0 Å². The van der Waals surface area contributed by atoms with Crippen LogP contribution in [0, 0.1) is 6.57 Å². The second-order valence-electron chi connectivity index (χ2n) is 22.6. The number of thiophene rings is 2. The standard InChI is InChI=1S/C88H52N6S2/c1-89-72-53-71(88-91-86(59-33-19-7-20-34-59)90-87(92-88)60-35-21-8-22-36-60)79(58-31-17-6-18-32-58)83(94-74-44-38-62(55-25-11-3-12-26-55)52-70(74)81-76(94)46-42-66-68-50-64(57-29-15-5-16-30-57)40-48-78(68)96-85(66)81)82(72)93-73-43-37-61(54-23-9-2-10-24-54)51-69(73)80-75(93)45-41-65-67-49-63(56-27-13-4-14-28-56)39-47-77(67)95-84(65)80/h2-53H/i2D,3D,4D,5D,6D,9D,10D,11D,12D,13D,14D,15D,16D,17D,18D,23D,24D,25D,26D,27D,28D,29D,30D,31D,32D. The van der Waals surface area contributed by atoms with E-state index in [2.05, 4.69) is 4.85 Å². The zero-order chi connectivity index (χ0) is 85.1. The summed E-state index contributed by atoms with van der Waals surface area (Å²) in [6.07, 6.45) is 0. The topological polar surface area (TPSA) is 52.9 Å². The Kier molecular flexibility index (Phi) is 8.32. The Morgan fingerprint density at radius 1 is 0.312 bits per heavy atom. The first-order chi connectivity index (χ1) is 57.9. The molecule has 0 aliphatic carbocycles. The molecule has 0 spiro atoms. The molecule has 19 rings (SSSR count). The van der Waals surface area contributed by atoms with E-state index in [0.29, 0.717) is 84.1 Å². The molecule has 0 saturated heterocycles. The van der Waals surface area contributed by atoms with Crippen LogP contribution in [0.15, 0.2) is 315 Å². The molecule has 5 aromatic heterocycles. The van der Waals surface area contributed by atoms with Crippen molar-refractivity contribution in [1.29, 1.82) is 0 Å². The average molecular weight is 1280 g/mol.